The molecule has 0 saturated heterocycles. The Kier molecular flexibility index (Phi) is 6.66. The molecule has 34 heavy (non-hydrogen) atoms. The summed E-state index contributed by atoms with van der Waals surface area (Å²) in [5, 5.41) is 3.03. The molecule has 1 N–H and O–H groups in total. The molecule has 0 spiro atoms. The number of carbonyl (C=O) groups excluding carboxylic acids is 3. The molecule has 0 saturated carbocycles. The van der Waals surface area contributed by atoms with Crippen LogP contribution in [-0.4, -0.2) is 17.8 Å². The van der Waals surface area contributed by atoms with E-state index >= 15 is 0 Å². The normalized spacial score (nSPS) is 13.5. The van der Waals surface area contributed by atoms with Gasteiger partial charge in [0.05, 0.1) is 16.3 Å². The predicted molar refractivity (Wildman–Crippen MR) is 133 cm³/mol. The minimum absolute atomic E-state index is 0.117. The van der Waals surface area contributed by atoms with Crippen LogP contribution in [0.15, 0.2) is 71.4 Å². The molecule has 0 aromatic heterocycles. The molecular weight excluding hydrogens is 499 g/mol. The third-order valence-corrected chi connectivity index (χ3v) is 6.00. The van der Waals surface area contributed by atoms with Crippen LogP contribution in [0.5, 0.6) is 5.75 Å². The summed E-state index contributed by atoms with van der Waals surface area (Å²) in [6.45, 7) is 3.82. The molecule has 0 unspecified atom stereocenters. The van der Waals surface area contributed by atoms with Gasteiger partial charge in [-0.15, -0.1) is 0 Å². The van der Waals surface area contributed by atoms with Crippen LogP contribution in [0.3, 0.4) is 0 Å². The number of nitrogens with one attached hydrogen (secondary N) is 1. The minimum Gasteiger partial charge on any atom is -0.423 e. The fraction of sp³-hybridized carbons (Fsp3) is 0.0800. The van der Waals surface area contributed by atoms with Crippen LogP contribution in [0.25, 0.3) is 0 Å². The first-order valence-corrected chi connectivity index (χ1v) is 11.2. The number of hydrogen-bond donors (Lipinski definition) is 1. The number of rotatable bonds is 5. The summed E-state index contributed by atoms with van der Waals surface area (Å²) in [6, 6.07) is 16.2. The molecule has 2 amide bonds. The Bertz CT molecular complexity index is 1370. The van der Waals surface area contributed by atoms with Crippen molar-refractivity contribution in [3.05, 3.63) is 98.1 Å². The molecule has 0 fully saturated rings. The third-order valence-electron chi connectivity index (χ3n) is 5.10. The fourth-order valence-electron chi connectivity index (χ4n) is 3.39. The molecular formula is C25H17Cl3N2O4. The van der Waals surface area contributed by atoms with E-state index in [-0.39, 0.29) is 21.4 Å². The van der Waals surface area contributed by atoms with Gasteiger partial charge in [-0.1, -0.05) is 52.5 Å². The highest BCUT2D eigenvalue weighted by molar-refractivity contribution is 6.54. The standard InChI is InChI=1S/C25H17Cl3N2O4/c1-13-3-10-20(14(2)11-13)34-25(33)15-4-7-17(8-5-15)29-22-21(28)23(31)30(24(22)32)19-12-16(26)6-9-18(19)27/h3-12,29H,1-2H3. The SMILES string of the molecule is Cc1ccc(OC(=O)c2ccc(NC3=C(Cl)C(=O)N(c4cc(Cl)ccc4Cl)C3=O)cc2)c(C)c1. The Morgan fingerprint density at radius 3 is 2.26 bits per heavy atom. The zero-order chi connectivity index (χ0) is 24.6. The second-order valence-electron chi connectivity index (χ2n) is 7.59. The maximum atomic E-state index is 13.0. The van der Waals surface area contributed by atoms with Crippen LogP contribution >= 0.6 is 34.8 Å². The monoisotopic (exact) mass is 514 g/mol. The number of carbonyl (C=O) groups is 3. The Hall–Kier alpha value is -3.32. The smallest absolute Gasteiger partial charge is 0.343 e. The van der Waals surface area contributed by atoms with Gasteiger partial charge in [0.15, 0.2) is 0 Å². The Morgan fingerprint density at radius 2 is 1.59 bits per heavy atom. The van der Waals surface area contributed by atoms with Crippen molar-refractivity contribution in [3.8, 4) is 5.75 Å². The zero-order valence-electron chi connectivity index (χ0n) is 18.0. The number of aryl methyl sites for hydroxylation is 2. The van der Waals surface area contributed by atoms with Crippen LogP contribution < -0.4 is 15.0 Å². The highest BCUT2D eigenvalue weighted by Crippen LogP contribution is 2.35. The first-order valence-electron chi connectivity index (χ1n) is 10.1. The molecule has 172 valence electrons. The van der Waals surface area contributed by atoms with E-state index in [0.29, 0.717) is 22.0 Å². The summed E-state index contributed by atoms with van der Waals surface area (Å²) in [5.74, 6) is -1.46. The first kappa shape index (κ1) is 23.8. The summed E-state index contributed by atoms with van der Waals surface area (Å²) < 4.78 is 5.47. The lowest BCUT2D eigenvalue weighted by atomic mass is 10.1. The molecule has 0 atom stereocenters. The highest BCUT2D eigenvalue weighted by Gasteiger charge is 2.40. The molecule has 0 aliphatic carbocycles. The van der Waals surface area contributed by atoms with Crippen molar-refractivity contribution >= 4 is 64.0 Å². The second kappa shape index (κ2) is 9.50. The number of nitrogens with zero attached hydrogens (tertiary/aromatic N) is 1. The van der Waals surface area contributed by atoms with Crippen LogP contribution in [0.1, 0.15) is 21.5 Å². The molecule has 1 aliphatic heterocycles. The van der Waals surface area contributed by atoms with E-state index in [1.807, 2.05) is 26.0 Å². The molecule has 1 aliphatic rings. The Balaban J connectivity index is 1.50. The zero-order valence-corrected chi connectivity index (χ0v) is 20.3. The van der Waals surface area contributed by atoms with Gasteiger partial charge >= 0.3 is 5.97 Å². The first-order chi connectivity index (χ1) is 16.2. The number of hydrogen-bond acceptors (Lipinski definition) is 5. The van der Waals surface area contributed by atoms with Crippen molar-refractivity contribution in [3.63, 3.8) is 0 Å². The van der Waals surface area contributed by atoms with Crippen molar-refractivity contribution in [2.75, 3.05) is 10.2 Å². The number of benzene rings is 3. The molecule has 9 heteroatoms. The quantitative estimate of drug-likeness (QED) is 0.246. The van der Waals surface area contributed by atoms with Gasteiger partial charge in [0.25, 0.3) is 11.8 Å². The Morgan fingerprint density at radius 1 is 0.882 bits per heavy atom. The lowest BCUT2D eigenvalue weighted by Crippen LogP contribution is -2.32. The lowest BCUT2D eigenvalue weighted by molar-refractivity contribution is -0.120. The van der Waals surface area contributed by atoms with Gasteiger partial charge in [-0.2, -0.15) is 0 Å². The van der Waals surface area contributed by atoms with E-state index in [1.54, 1.807) is 24.3 Å². The van der Waals surface area contributed by atoms with Crippen molar-refractivity contribution in [1.82, 2.24) is 0 Å². The van der Waals surface area contributed by atoms with E-state index in [1.165, 1.54) is 24.3 Å². The van der Waals surface area contributed by atoms with Crippen molar-refractivity contribution in [2.24, 2.45) is 0 Å². The van der Waals surface area contributed by atoms with Gasteiger partial charge in [-0.3, -0.25) is 9.59 Å². The topological polar surface area (TPSA) is 75.7 Å². The summed E-state index contributed by atoms with van der Waals surface area (Å²) in [7, 11) is 0. The van der Waals surface area contributed by atoms with Gasteiger partial charge in [0, 0.05) is 10.7 Å². The van der Waals surface area contributed by atoms with Gasteiger partial charge in [-0.25, -0.2) is 9.69 Å². The Labute approximate surface area is 210 Å². The number of esters is 1. The van der Waals surface area contributed by atoms with Crippen molar-refractivity contribution in [1.29, 1.82) is 0 Å². The summed E-state index contributed by atoms with van der Waals surface area (Å²) in [4.78, 5) is 39.0. The van der Waals surface area contributed by atoms with E-state index in [9.17, 15) is 14.4 Å². The number of amides is 2. The molecule has 3 aromatic rings. The van der Waals surface area contributed by atoms with E-state index in [4.69, 9.17) is 39.5 Å². The minimum atomic E-state index is -0.730. The molecule has 4 rings (SSSR count). The van der Waals surface area contributed by atoms with Crippen LogP contribution in [0.4, 0.5) is 11.4 Å². The molecule has 0 radical (unpaired) electrons. The van der Waals surface area contributed by atoms with Crippen molar-refractivity contribution in [2.45, 2.75) is 13.8 Å². The maximum Gasteiger partial charge on any atom is 0.343 e. The van der Waals surface area contributed by atoms with Gasteiger partial charge in [-0.05, 0) is 67.9 Å². The summed E-state index contributed by atoms with van der Waals surface area (Å²) in [5.41, 5.74) is 2.68. The van der Waals surface area contributed by atoms with Gasteiger partial charge in [0.1, 0.15) is 16.5 Å². The number of ether oxygens (including phenoxy) is 1. The summed E-state index contributed by atoms with van der Waals surface area (Å²) >= 11 is 18.3. The number of anilines is 2. The highest BCUT2D eigenvalue weighted by atomic mass is 35.5. The van der Waals surface area contributed by atoms with Gasteiger partial charge in [0.2, 0.25) is 0 Å². The largest absolute Gasteiger partial charge is 0.423 e. The fourth-order valence-corrected chi connectivity index (χ4v) is 3.97. The summed E-state index contributed by atoms with van der Waals surface area (Å²) in [6.07, 6.45) is 0. The molecule has 6 nitrogen and oxygen atoms in total. The maximum absolute atomic E-state index is 13.0. The number of imide groups is 1. The number of halogens is 3. The molecule has 3 aromatic carbocycles. The average molecular weight is 516 g/mol. The lowest BCUT2D eigenvalue weighted by Gasteiger charge is -2.17. The average Bonchev–Trinajstić information content (AvgIpc) is 3.01. The second-order valence-corrected chi connectivity index (χ2v) is 8.81. The third kappa shape index (κ3) is 4.66. The van der Waals surface area contributed by atoms with Gasteiger partial charge < -0.3 is 10.1 Å². The van der Waals surface area contributed by atoms with E-state index in [0.717, 1.165) is 16.0 Å². The van der Waals surface area contributed by atoms with Crippen LogP contribution in [0, 0.1) is 13.8 Å². The predicted octanol–water partition coefficient (Wildman–Crippen LogP) is 6.27. The van der Waals surface area contributed by atoms with E-state index < -0.39 is 17.8 Å². The molecule has 0 bridgehead atoms. The molecule has 1 heterocycles. The van der Waals surface area contributed by atoms with Crippen LogP contribution in [0.2, 0.25) is 10.0 Å². The van der Waals surface area contributed by atoms with Crippen molar-refractivity contribution < 1.29 is 19.1 Å². The van der Waals surface area contributed by atoms with E-state index in [2.05, 4.69) is 5.32 Å². The van der Waals surface area contributed by atoms with Crippen LogP contribution in [-0.2, 0) is 9.59 Å².